The van der Waals surface area contributed by atoms with E-state index in [4.69, 9.17) is 6.42 Å². The lowest BCUT2D eigenvalue weighted by atomic mass is 9.85. The highest BCUT2D eigenvalue weighted by atomic mass is 16.2. The molecule has 1 aliphatic rings. The van der Waals surface area contributed by atoms with E-state index in [9.17, 15) is 9.59 Å². The standard InChI is InChI=1S/C19H21N5O2/c1-2-8-20-10-12-3-5-13(6-4-12)24-16-14-7-9-21-17(14)22-11-15(16)18(25)23-19(24)26/h1,7,9,11-13,20H,3-6,8,10H2,(H,21,22)(H,23,25,26)/t12-,13-. The van der Waals surface area contributed by atoms with Crippen LogP contribution >= 0.6 is 0 Å². The highest BCUT2D eigenvalue weighted by Crippen LogP contribution is 2.33. The second-order valence-electron chi connectivity index (χ2n) is 6.90. The van der Waals surface area contributed by atoms with Crippen molar-refractivity contribution in [2.45, 2.75) is 31.7 Å². The average molecular weight is 351 g/mol. The topological polar surface area (TPSA) is 95.6 Å². The Kier molecular flexibility index (Phi) is 4.35. The van der Waals surface area contributed by atoms with Crippen LogP contribution in [-0.2, 0) is 0 Å². The molecule has 3 aromatic rings. The molecule has 26 heavy (non-hydrogen) atoms. The van der Waals surface area contributed by atoms with Gasteiger partial charge in [-0.25, -0.2) is 9.78 Å². The van der Waals surface area contributed by atoms with Gasteiger partial charge in [-0.05, 0) is 44.2 Å². The Morgan fingerprint density at radius 2 is 2.08 bits per heavy atom. The number of aromatic amines is 2. The van der Waals surface area contributed by atoms with Gasteiger partial charge in [-0.1, -0.05) is 5.92 Å². The summed E-state index contributed by atoms with van der Waals surface area (Å²) in [6, 6.07) is 1.95. The van der Waals surface area contributed by atoms with Crippen molar-refractivity contribution in [3.8, 4) is 12.3 Å². The van der Waals surface area contributed by atoms with Gasteiger partial charge in [-0.3, -0.25) is 14.3 Å². The van der Waals surface area contributed by atoms with Crippen LogP contribution in [-0.4, -0.2) is 32.6 Å². The highest BCUT2D eigenvalue weighted by Gasteiger charge is 2.25. The molecule has 0 amide bonds. The van der Waals surface area contributed by atoms with E-state index < -0.39 is 0 Å². The summed E-state index contributed by atoms with van der Waals surface area (Å²) in [5.41, 5.74) is 0.636. The molecular weight excluding hydrogens is 330 g/mol. The number of terminal acetylenes is 1. The van der Waals surface area contributed by atoms with Gasteiger partial charge in [0, 0.05) is 23.8 Å². The minimum absolute atomic E-state index is 0.0752. The molecule has 134 valence electrons. The fourth-order valence-electron chi connectivity index (χ4n) is 4.05. The summed E-state index contributed by atoms with van der Waals surface area (Å²) in [6.45, 7) is 1.49. The van der Waals surface area contributed by atoms with Crippen LogP contribution in [0.25, 0.3) is 21.9 Å². The van der Waals surface area contributed by atoms with Crippen LogP contribution in [0.1, 0.15) is 31.7 Å². The summed E-state index contributed by atoms with van der Waals surface area (Å²) in [7, 11) is 0. The Morgan fingerprint density at radius 1 is 1.27 bits per heavy atom. The quantitative estimate of drug-likeness (QED) is 0.490. The second-order valence-corrected chi connectivity index (χ2v) is 6.90. The first-order chi connectivity index (χ1) is 12.7. The molecule has 7 heteroatoms. The summed E-state index contributed by atoms with van der Waals surface area (Å²) in [6.07, 6.45) is 12.4. The SMILES string of the molecule is C#CCNC[C@H]1CC[C@H](n2c(=O)[nH]c(=O)c3cnc4[nH]ccc4c32)CC1. The van der Waals surface area contributed by atoms with E-state index in [1.165, 1.54) is 6.20 Å². The maximum atomic E-state index is 12.7. The van der Waals surface area contributed by atoms with Gasteiger partial charge < -0.3 is 10.3 Å². The summed E-state index contributed by atoms with van der Waals surface area (Å²) >= 11 is 0. The van der Waals surface area contributed by atoms with Crippen LogP contribution in [0.15, 0.2) is 28.0 Å². The average Bonchev–Trinajstić information content (AvgIpc) is 3.12. The van der Waals surface area contributed by atoms with Crippen molar-refractivity contribution in [1.29, 1.82) is 0 Å². The van der Waals surface area contributed by atoms with Gasteiger partial charge in [0.15, 0.2) is 0 Å². The van der Waals surface area contributed by atoms with Gasteiger partial charge in [0.1, 0.15) is 5.65 Å². The number of rotatable bonds is 4. The molecule has 0 spiro atoms. The van der Waals surface area contributed by atoms with E-state index in [0.717, 1.165) is 37.6 Å². The van der Waals surface area contributed by atoms with Gasteiger partial charge in [0.05, 0.1) is 17.4 Å². The molecule has 3 heterocycles. The third kappa shape index (κ3) is 2.82. The number of H-pyrrole nitrogens is 2. The third-order valence-corrected chi connectivity index (χ3v) is 5.32. The first-order valence-corrected chi connectivity index (χ1v) is 8.94. The Balaban J connectivity index is 1.71. The van der Waals surface area contributed by atoms with Crippen LogP contribution in [0.4, 0.5) is 0 Å². The van der Waals surface area contributed by atoms with Gasteiger partial charge >= 0.3 is 5.69 Å². The van der Waals surface area contributed by atoms with Crippen molar-refractivity contribution in [3.63, 3.8) is 0 Å². The minimum atomic E-state index is -0.385. The second kappa shape index (κ2) is 6.81. The van der Waals surface area contributed by atoms with E-state index in [1.807, 2.05) is 6.07 Å². The Labute approximate surface area is 149 Å². The molecule has 0 radical (unpaired) electrons. The van der Waals surface area contributed by atoms with Crippen LogP contribution in [0.5, 0.6) is 0 Å². The van der Waals surface area contributed by atoms with Crippen molar-refractivity contribution in [2.24, 2.45) is 5.92 Å². The molecule has 0 bridgehead atoms. The zero-order chi connectivity index (χ0) is 18.1. The Hall–Kier alpha value is -2.85. The minimum Gasteiger partial charge on any atom is -0.346 e. The predicted molar refractivity (Wildman–Crippen MR) is 101 cm³/mol. The smallest absolute Gasteiger partial charge is 0.329 e. The number of nitrogens with one attached hydrogen (secondary N) is 3. The number of pyridine rings is 1. The molecule has 1 aliphatic carbocycles. The first-order valence-electron chi connectivity index (χ1n) is 8.94. The van der Waals surface area contributed by atoms with Gasteiger partial charge in [0.25, 0.3) is 5.56 Å². The number of hydrogen-bond acceptors (Lipinski definition) is 4. The van der Waals surface area contributed by atoms with Crippen LogP contribution in [0.2, 0.25) is 0 Å². The van der Waals surface area contributed by atoms with Gasteiger partial charge in [-0.2, -0.15) is 0 Å². The molecular formula is C19H21N5O2. The molecule has 0 aliphatic heterocycles. The fourth-order valence-corrected chi connectivity index (χ4v) is 4.05. The summed E-state index contributed by atoms with van der Waals surface area (Å²) in [4.78, 5) is 34.7. The maximum absolute atomic E-state index is 12.7. The molecule has 0 atom stereocenters. The third-order valence-electron chi connectivity index (χ3n) is 5.32. The van der Waals surface area contributed by atoms with Crippen molar-refractivity contribution < 1.29 is 0 Å². The van der Waals surface area contributed by atoms with Crippen LogP contribution in [0.3, 0.4) is 0 Å². The molecule has 3 aromatic heterocycles. The van der Waals surface area contributed by atoms with Crippen LogP contribution < -0.4 is 16.6 Å². The summed E-state index contributed by atoms with van der Waals surface area (Å²) in [5.74, 6) is 3.16. The molecule has 0 saturated heterocycles. The normalized spacial score (nSPS) is 20.4. The van der Waals surface area contributed by atoms with Crippen molar-refractivity contribution >= 4 is 21.9 Å². The van der Waals surface area contributed by atoms with E-state index >= 15 is 0 Å². The fraction of sp³-hybridized carbons (Fsp3) is 0.421. The Morgan fingerprint density at radius 3 is 2.85 bits per heavy atom. The molecule has 0 aromatic carbocycles. The molecule has 0 unspecified atom stereocenters. The summed E-state index contributed by atoms with van der Waals surface area (Å²) < 4.78 is 1.76. The highest BCUT2D eigenvalue weighted by molar-refractivity contribution is 6.01. The van der Waals surface area contributed by atoms with Crippen molar-refractivity contribution in [3.05, 3.63) is 39.3 Å². The predicted octanol–water partition coefficient (Wildman–Crippen LogP) is 1.52. The molecule has 4 rings (SSSR count). The number of nitrogens with zero attached hydrogens (tertiary/aromatic N) is 2. The number of hydrogen-bond donors (Lipinski definition) is 3. The lowest BCUT2D eigenvalue weighted by Gasteiger charge is -2.30. The molecule has 1 saturated carbocycles. The first kappa shape index (κ1) is 16.6. The van der Waals surface area contributed by atoms with E-state index in [2.05, 4.69) is 26.2 Å². The number of aromatic nitrogens is 4. The van der Waals surface area contributed by atoms with Gasteiger partial charge in [-0.15, -0.1) is 6.42 Å². The van der Waals surface area contributed by atoms with Crippen LogP contribution in [0, 0.1) is 18.3 Å². The van der Waals surface area contributed by atoms with Crippen molar-refractivity contribution in [2.75, 3.05) is 13.1 Å². The molecule has 1 fully saturated rings. The van der Waals surface area contributed by atoms with E-state index in [0.29, 0.717) is 29.0 Å². The van der Waals surface area contributed by atoms with Gasteiger partial charge in [0.2, 0.25) is 0 Å². The number of fused-ring (bicyclic) bond motifs is 3. The lowest BCUT2D eigenvalue weighted by Crippen LogP contribution is -2.35. The Bertz CT molecular complexity index is 1090. The maximum Gasteiger partial charge on any atom is 0.329 e. The van der Waals surface area contributed by atoms with E-state index in [-0.39, 0.29) is 17.3 Å². The lowest BCUT2D eigenvalue weighted by molar-refractivity contribution is 0.269. The molecule has 7 nitrogen and oxygen atoms in total. The summed E-state index contributed by atoms with van der Waals surface area (Å²) in [5, 5.41) is 4.53. The zero-order valence-corrected chi connectivity index (χ0v) is 14.4. The zero-order valence-electron chi connectivity index (χ0n) is 14.4. The molecule has 3 N–H and O–H groups in total. The monoisotopic (exact) mass is 351 g/mol. The van der Waals surface area contributed by atoms with Crippen molar-refractivity contribution in [1.82, 2.24) is 24.8 Å². The largest absolute Gasteiger partial charge is 0.346 e. The van der Waals surface area contributed by atoms with E-state index in [1.54, 1.807) is 10.8 Å².